The maximum Gasteiger partial charge on any atom is 0.251 e. The predicted octanol–water partition coefficient (Wildman–Crippen LogP) is 4.41. The molecule has 3 nitrogen and oxygen atoms in total. The molecule has 2 rings (SSSR count). The SMILES string of the molecule is CC(C)c1cc(C(=O)NCC2CCCCC2C)cc(Cl)n1. The Morgan fingerprint density at radius 3 is 2.76 bits per heavy atom. The van der Waals surface area contributed by atoms with Gasteiger partial charge in [0.25, 0.3) is 5.91 Å². The van der Waals surface area contributed by atoms with Crippen molar-refractivity contribution in [2.24, 2.45) is 11.8 Å². The van der Waals surface area contributed by atoms with Crippen LogP contribution in [-0.4, -0.2) is 17.4 Å². The average molecular weight is 309 g/mol. The van der Waals surface area contributed by atoms with Crippen LogP contribution in [0.25, 0.3) is 0 Å². The topological polar surface area (TPSA) is 42.0 Å². The van der Waals surface area contributed by atoms with Gasteiger partial charge in [0.15, 0.2) is 0 Å². The summed E-state index contributed by atoms with van der Waals surface area (Å²) in [5.74, 6) is 1.52. The molecule has 1 amide bonds. The second-order valence-corrected chi connectivity index (χ2v) is 6.88. The second-order valence-electron chi connectivity index (χ2n) is 6.49. The van der Waals surface area contributed by atoms with Crippen molar-refractivity contribution in [2.75, 3.05) is 6.54 Å². The summed E-state index contributed by atoms with van der Waals surface area (Å²) in [6.45, 7) is 7.14. The minimum absolute atomic E-state index is 0.0426. The molecule has 1 aromatic rings. The number of hydrogen-bond donors (Lipinski definition) is 1. The third-order valence-corrected chi connectivity index (χ3v) is 4.68. The Morgan fingerprint density at radius 2 is 2.10 bits per heavy atom. The van der Waals surface area contributed by atoms with Crippen LogP contribution in [0.2, 0.25) is 5.15 Å². The molecule has 0 aliphatic heterocycles. The standard InChI is InChI=1S/C17H25ClN2O/c1-11(2)15-8-14(9-16(18)20-15)17(21)19-10-13-7-5-4-6-12(13)3/h8-9,11-13H,4-7,10H2,1-3H3,(H,19,21). The van der Waals surface area contributed by atoms with Gasteiger partial charge in [-0.3, -0.25) is 4.79 Å². The van der Waals surface area contributed by atoms with E-state index in [1.54, 1.807) is 6.07 Å². The third kappa shape index (κ3) is 4.44. The summed E-state index contributed by atoms with van der Waals surface area (Å²) in [6, 6.07) is 3.49. The fourth-order valence-electron chi connectivity index (χ4n) is 2.97. The van der Waals surface area contributed by atoms with Crippen LogP contribution in [0, 0.1) is 11.8 Å². The lowest BCUT2D eigenvalue weighted by Gasteiger charge is -2.28. The number of carbonyl (C=O) groups is 1. The molecule has 1 heterocycles. The van der Waals surface area contributed by atoms with Crippen LogP contribution in [0.1, 0.15) is 68.4 Å². The van der Waals surface area contributed by atoms with Gasteiger partial charge >= 0.3 is 0 Å². The molecule has 4 heteroatoms. The van der Waals surface area contributed by atoms with E-state index in [0.717, 1.165) is 12.2 Å². The molecule has 1 N–H and O–H groups in total. The zero-order valence-corrected chi connectivity index (χ0v) is 13.9. The first-order valence-electron chi connectivity index (χ1n) is 7.93. The van der Waals surface area contributed by atoms with Crippen LogP contribution in [-0.2, 0) is 0 Å². The highest BCUT2D eigenvalue weighted by molar-refractivity contribution is 6.29. The molecule has 1 aromatic heterocycles. The second kappa shape index (κ2) is 7.26. The maximum absolute atomic E-state index is 12.3. The highest BCUT2D eigenvalue weighted by atomic mass is 35.5. The normalized spacial score (nSPS) is 22.3. The van der Waals surface area contributed by atoms with Gasteiger partial charge < -0.3 is 5.32 Å². The summed E-state index contributed by atoms with van der Waals surface area (Å²) in [4.78, 5) is 16.6. The smallest absolute Gasteiger partial charge is 0.251 e. The highest BCUT2D eigenvalue weighted by Gasteiger charge is 2.22. The van der Waals surface area contributed by atoms with Gasteiger partial charge in [0.2, 0.25) is 0 Å². The third-order valence-electron chi connectivity index (χ3n) is 4.48. The molecule has 0 saturated heterocycles. The van der Waals surface area contributed by atoms with E-state index < -0.39 is 0 Å². The van der Waals surface area contributed by atoms with E-state index in [9.17, 15) is 4.79 Å². The van der Waals surface area contributed by atoms with Crippen molar-refractivity contribution in [3.8, 4) is 0 Å². The van der Waals surface area contributed by atoms with Crippen molar-refractivity contribution in [1.82, 2.24) is 10.3 Å². The fraction of sp³-hybridized carbons (Fsp3) is 0.647. The summed E-state index contributed by atoms with van der Waals surface area (Å²) in [5.41, 5.74) is 1.47. The van der Waals surface area contributed by atoms with E-state index in [1.807, 2.05) is 19.9 Å². The van der Waals surface area contributed by atoms with Crippen molar-refractivity contribution in [3.63, 3.8) is 0 Å². The first-order valence-corrected chi connectivity index (χ1v) is 8.31. The van der Waals surface area contributed by atoms with Gasteiger partial charge in [0.1, 0.15) is 5.15 Å². The first kappa shape index (κ1) is 16.3. The Labute approximate surface area is 132 Å². The number of carbonyl (C=O) groups excluding carboxylic acids is 1. The van der Waals surface area contributed by atoms with Gasteiger partial charge in [0.05, 0.1) is 0 Å². The molecule has 1 fully saturated rings. The van der Waals surface area contributed by atoms with Gasteiger partial charge in [-0.05, 0) is 36.3 Å². The van der Waals surface area contributed by atoms with E-state index in [0.29, 0.717) is 22.6 Å². The molecule has 1 aliphatic carbocycles. The van der Waals surface area contributed by atoms with Gasteiger partial charge in [-0.25, -0.2) is 4.98 Å². The van der Waals surface area contributed by atoms with Crippen LogP contribution < -0.4 is 5.32 Å². The average Bonchev–Trinajstić information content (AvgIpc) is 2.45. The Hall–Kier alpha value is -1.09. The minimum Gasteiger partial charge on any atom is -0.352 e. The van der Waals surface area contributed by atoms with Crippen molar-refractivity contribution < 1.29 is 4.79 Å². The lowest BCUT2D eigenvalue weighted by atomic mass is 9.80. The molecule has 2 unspecified atom stereocenters. The minimum atomic E-state index is -0.0426. The summed E-state index contributed by atoms with van der Waals surface area (Å²) in [5, 5.41) is 3.45. The van der Waals surface area contributed by atoms with Gasteiger partial charge in [-0.2, -0.15) is 0 Å². The van der Waals surface area contributed by atoms with Crippen LogP contribution in [0.4, 0.5) is 0 Å². The van der Waals surface area contributed by atoms with Crippen LogP contribution in [0.3, 0.4) is 0 Å². The first-order chi connectivity index (χ1) is 9.97. The number of nitrogens with one attached hydrogen (secondary N) is 1. The zero-order valence-electron chi connectivity index (χ0n) is 13.2. The van der Waals surface area contributed by atoms with Crippen molar-refractivity contribution >= 4 is 17.5 Å². The van der Waals surface area contributed by atoms with E-state index in [-0.39, 0.29) is 11.8 Å². The quantitative estimate of drug-likeness (QED) is 0.837. The lowest BCUT2D eigenvalue weighted by molar-refractivity contribution is 0.0936. The molecular formula is C17H25ClN2O. The summed E-state index contributed by atoms with van der Waals surface area (Å²) in [6.07, 6.45) is 5.10. The largest absolute Gasteiger partial charge is 0.352 e. The molecule has 1 aliphatic rings. The Bertz CT molecular complexity index is 502. The van der Waals surface area contributed by atoms with Crippen molar-refractivity contribution in [3.05, 3.63) is 28.5 Å². The summed E-state index contributed by atoms with van der Waals surface area (Å²) < 4.78 is 0. The maximum atomic E-state index is 12.3. The molecule has 116 valence electrons. The highest BCUT2D eigenvalue weighted by Crippen LogP contribution is 2.29. The van der Waals surface area contributed by atoms with Gasteiger partial charge in [-0.15, -0.1) is 0 Å². The molecule has 21 heavy (non-hydrogen) atoms. The van der Waals surface area contributed by atoms with Crippen LogP contribution >= 0.6 is 11.6 Å². The monoisotopic (exact) mass is 308 g/mol. The fourth-order valence-corrected chi connectivity index (χ4v) is 3.18. The predicted molar refractivity (Wildman–Crippen MR) is 86.8 cm³/mol. The van der Waals surface area contributed by atoms with Gasteiger partial charge in [0, 0.05) is 17.8 Å². The van der Waals surface area contributed by atoms with Gasteiger partial charge in [-0.1, -0.05) is 51.6 Å². The van der Waals surface area contributed by atoms with Crippen LogP contribution in [0.15, 0.2) is 12.1 Å². The van der Waals surface area contributed by atoms with Crippen LogP contribution in [0.5, 0.6) is 0 Å². The number of amides is 1. The molecule has 0 radical (unpaired) electrons. The molecule has 1 saturated carbocycles. The molecule has 2 atom stereocenters. The molecule has 0 bridgehead atoms. The number of rotatable bonds is 4. The van der Waals surface area contributed by atoms with Crippen molar-refractivity contribution in [2.45, 2.75) is 52.4 Å². The summed E-state index contributed by atoms with van der Waals surface area (Å²) in [7, 11) is 0. The molecule has 0 spiro atoms. The van der Waals surface area contributed by atoms with E-state index in [1.165, 1.54) is 25.7 Å². The Morgan fingerprint density at radius 1 is 1.38 bits per heavy atom. The molecule has 0 aromatic carbocycles. The van der Waals surface area contributed by atoms with E-state index >= 15 is 0 Å². The Balaban J connectivity index is 1.99. The number of pyridine rings is 1. The number of aromatic nitrogens is 1. The lowest BCUT2D eigenvalue weighted by Crippen LogP contribution is -2.33. The number of hydrogen-bond acceptors (Lipinski definition) is 2. The summed E-state index contributed by atoms with van der Waals surface area (Å²) >= 11 is 6.02. The van der Waals surface area contributed by atoms with Crippen molar-refractivity contribution in [1.29, 1.82) is 0 Å². The zero-order chi connectivity index (χ0) is 15.4. The molecular weight excluding hydrogens is 284 g/mol. The number of nitrogens with zero attached hydrogens (tertiary/aromatic N) is 1. The Kier molecular flexibility index (Phi) is 5.63. The van der Waals surface area contributed by atoms with E-state index in [2.05, 4.69) is 17.2 Å². The number of halogens is 1. The van der Waals surface area contributed by atoms with E-state index in [4.69, 9.17) is 11.6 Å².